The molecule has 78 valence electrons. The highest BCUT2D eigenvalue weighted by Gasteiger charge is 2.47. The number of nitrogens with zero attached hydrogens (tertiary/aromatic N) is 1. The van der Waals surface area contributed by atoms with E-state index >= 15 is 0 Å². The minimum absolute atomic E-state index is 0.220. The zero-order chi connectivity index (χ0) is 10.3. The van der Waals surface area contributed by atoms with Gasteiger partial charge in [-0.3, -0.25) is 14.5 Å². The van der Waals surface area contributed by atoms with Crippen molar-refractivity contribution in [2.45, 2.75) is 38.0 Å². The van der Waals surface area contributed by atoms with Gasteiger partial charge in [0.15, 0.2) is 0 Å². The fourth-order valence-corrected chi connectivity index (χ4v) is 1.96. The standard InChI is InChI=1S/C9H14N2O3/c1-5(4-10)11-8(12)6-2-3-7(14-6)9(11)13/h5-7H,2-4,10H2,1H3. The van der Waals surface area contributed by atoms with Gasteiger partial charge in [-0.05, 0) is 19.8 Å². The lowest BCUT2D eigenvalue weighted by atomic mass is 10.2. The maximum atomic E-state index is 11.7. The molecule has 14 heavy (non-hydrogen) atoms. The Morgan fingerprint density at radius 2 is 1.93 bits per heavy atom. The molecule has 3 atom stereocenters. The fraction of sp³-hybridized carbons (Fsp3) is 0.778. The van der Waals surface area contributed by atoms with E-state index in [9.17, 15) is 9.59 Å². The molecule has 2 amide bonds. The molecule has 2 fully saturated rings. The number of nitrogens with two attached hydrogens (primary N) is 1. The lowest BCUT2D eigenvalue weighted by Gasteiger charge is -2.33. The quantitative estimate of drug-likeness (QED) is 0.592. The Balaban J connectivity index is 2.23. The number of likely N-dealkylation sites (tertiary alicyclic amines) is 1. The molecule has 0 aliphatic carbocycles. The average Bonchev–Trinajstić information content (AvgIpc) is 2.61. The van der Waals surface area contributed by atoms with Gasteiger partial charge in [0.25, 0.3) is 11.8 Å². The molecule has 2 bridgehead atoms. The molecule has 0 radical (unpaired) electrons. The first-order chi connectivity index (χ1) is 6.65. The molecule has 0 aromatic heterocycles. The summed E-state index contributed by atoms with van der Waals surface area (Å²) in [6.45, 7) is 2.08. The second kappa shape index (κ2) is 3.33. The Morgan fingerprint density at radius 1 is 1.43 bits per heavy atom. The molecule has 0 aromatic carbocycles. The highest BCUT2D eigenvalue weighted by Crippen LogP contribution is 2.29. The molecular weight excluding hydrogens is 184 g/mol. The van der Waals surface area contributed by atoms with E-state index in [2.05, 4.69) is 0 Å². The van der Waals surface area contributed by atoms with Gasteiger partial charge in [0.2, 0.25) is 0 Å². The Kier molecular flexibility index (Phi) is 2.28. The Hall–Kier alpha value is -0.940. The van der Waals surface area contributed by atoms with E-state index in [1.165, 1.54) is 4.90 Å². The minimum atomic E-state index is -0.410. The van der Waals surface area contributed by atoms with Gasteiger partial charge in [-0.15, -0.1) is 0 Å². The third-order valence-electron chi connectivity index (χ3n) is 2.83. The molecule has 0 aromatic rings. The number of hydrogen-bond acceptors (Lipinski definition) is 4. The van der Waals surface area contributed by atoms with Gasteiger partial charge >= 0.3 is 0 Å². The predicted molar refractivity (Wildman–Crippen MR) is 48.3 cm³/mol. The molecular formula is C9H14N2O3. The molecule has 2 rings (SSSR count). The van der Waals surface area contributed by atoms with Gasteiger partial charge in [0, 0.05) is 12.6 Å². The monoisotopic (exact) mass is 198 g/mol. The summed E-state index contributed by atoms with van der Waals surface area (Å²) in [5, 5.41) is 0. The lowest BCUT2D eigenvalue weighted by Crippen LogP contribution is -2.56. The molecule has 3 unspecified atom stereocenters. The molecule has 2 aliphatic rings. The SMILES string of the molecule is CC(CN)N1C(=O)C2CCC(O2)C1=O. The zero-order valence-corrected chi connectivity index (χ0v) is 8.10. The Bertz CT molecular complexity index is 257. The number of hydrogen-bond donors (Lipinski definition) is 1. The molecule has 2 saturated heterocycles. The van der Waals surface area contributed by atoms with Crippen LogP contribution >= 0.6 is 0 Å². The van der Waals surface area contributed by atoms with E-state index in [4.69, 9.17) is 10.5 Å². The Labute approximate surface area is 82.2 Å². The third kappa shape index (κ3) is 1.24. The van der Waals surface area contributed by atoms with E-state index < -0.39 is 12.2 Å². The summed E-state index contributed by atoms with van der Waals surface area (Å²) in [6, 6.07) is -0.220. The normalized spacial score (nSPS) is 33.7. The second-order valence-corrected chi connectivity index (χ2v) is 3.82. The Morgan fingerprint density at radius 3 is 2.36 bits per heavy atom. The first-order valence-corrected chi connectivity index (χ1v) is 4.87. The van der Waals surface area contributed by atoms with E-state index in [-0.39, 0.29) is 17.9 Å². The van der Waals surface area contributed by atoms with Gasteiger partial charge in [0.05, 0.1) is 0 Å². The molecule has 2 heterocycles. The summed E-state index contributed by atoms with van der Waals surface area (Å²) in [6.07, 6.45) is 0.491. The van der Waals surface area contributed by atoms with Crippen molar-refractivity contribution in [1.29, 1.82) is 0 Å². The van der Waals surface area contributed by atoms with Crippen LogP contribution in [0.25, 0.3) is 0 Å². The van der Waals surface area contributed by atoms with Crippen molar-refractivity contribution >= 4 is 11.8 Å². The van der Waals surface area contributed by atoms with Gasteiger partial charge in [-0.25, -0.2) is 0 Å². The van der Waals surface area contributed by atoms with Crippen LogP contribution in [-0.4, -0.2) is 41.5 Å². The van der Waals surface area contributed by atoms with Crippen LogP contribution in [0.4, 0.5) is 0 Å². The number of amides is 2. The number of morpholine rings is 1. The van der Waals surface area contributed by atoms with Crippen LogP contribution in [0.3, 0.4) is 0 Å². The lowest BCUT2D eigenvalue weighted by molar-refractivity contribution is -0.170. The number of carbonyl (C=O) groups excluding carboxylic acids is 2. The van der Waals surface area contributed by atoms with Crippen LogP contribution in [0.15, 0.2) is 0 Å². The van der Waals surface area contributed by atoms with Crippen LogP contribution < -0.4 is 5.73 Å². The summed E-state index contributed by atoms with van der Waals surface area (Å²) in [5.74, 6) is -0.441. The summed E-state index contributed by atoms with van der Waals surface area (Å²) in [4.78, 5) is 24.7. The summed E-state index contributed by atoms with van der Waals surface area (Å²) < 4.78 is 5.27. The van der Waals surface area contributed by atoms with Crippen molar-refractivity contribution in [3.05, 3.63) is 0 Å². The summed E-state index contributed by atoms with van der Waals surface area (Å²) in [5.41, 5.74) is 5.45. The van der Waals surface area contributed by atoms with Gasteiger partial charge in [-0.2, -0.15) is 0 Å². The van der Waals surface area contributed by atoms with Crippen molar-refractivity contribution in [2.24, 2.45) is 5.73 Å². The van der Waals surface area contributed by atoms with E-state index in [0.29, 0.717) is 19.4 Å². The molecule has 0 saturated carbocycles. The number of carbonyl (C=O) groups is 2. The third-order valence-corrected chi connectivity index (χ3v) is 2.83. The van der Waals surface area contributed by atoms with Crippen LogP contribution in [0.1, 0.15) is 19.8 Å². The van der Waals surface area contributed by atoms with Crippen molar-refractivity contribution in [3.63, 3.8) is 0 Å². The number of fused-ring (bicyclic) bond motifs is 2. The smallest absolute Gasteiger partial charge is 0.258 e. The van der Waals surface area contributed by atoms with E-state index in [1.807, 2.05) is 0 Å². The van der Waals surface area contributed by atoms with Crippen LogP contribution in [0.5, 0.6) is 0 Å². The van der Waals surface area contributed by atoms with Crippen molar-refractivity contribution in [2.75, 3.05) is 6.54 Å². The zero-order valence-electron chi connectivity index (χ0n) is 8.10. The maximum absolute atomic E-state index is 11.7. The molecule has 5 nitrogen and oxygen atoms in total. The van der Waals surface area contributed by atoms with Gasteiger partial charge < -0.3 is 10.5 Å². The number of imide groups is 1. The van der Waals surface area contributed by atoms with Gasteiger partial charge in [0.1, 0.15) is 12.2 Å². The van der Waals surface area contributed by atoms with Crippen LogP contribution in [0.2, 0.25) is 0 Å². The van der Waals surface area contributed by atoms with Crippen molar-refractivity contribution in [3.8, 4) is 0 Å². The van der Waals surface area contributed by atoms with Crippen molar-refractivity contribution < 1.29 is 14.3 Å². The number of rotatable bonds is 2. The topological polar surface area (TPSA) is 72.6 Å². The fourth-order valence-electron chi connectivity index (χ4n) is 1.96. The van der Waals surface area contributed by atoms with Crippen LogP contribution in [-0.2, 0) is 14.3 Å². The minimum Gasteiger partial charge on any atom is -0.355 e. The second-order valence-electron chi connectivity index (χ2n) is 3.82. The highest BCUT2D eigenvalue weighted by atomic mass is 16.5. The molecule has 2 aliphatic heterocycles. The summed E-state index contributed by atoms with van der Waals surface area (Å²) in [7, 11) is 0. The first-order valence-electron chi connectivity index (χ1n) is 4.87. The summed E-state index contributed by atoms with van der Waals surface area (Å²) >= 11 is 0. The first kappa shape index (κ1) is 9.61. The largest absolute Gasteiger partial charge is 0.355 e. The number of ether oxygens (including phenoxy) is 1. The maximum Gasteiger partial charge on any atom is 0.258 e. The average molecular weight is 198 g/mol. The molecule has 0 spiro atoms. The van der Waals surface area contributed by atoms with E-state index in [1.54, 1.807) is 6.92 Å². The van der Waals surface area contributed by atoms with Crippen molar-refractivity contribution in [1.82, 2.24) is 4.90 Å². The van der Waals surface area contributed by atoms with E-state index in [0.717, 1.165) is 0 Å². The van der Waals surface area contributed by atoms with Crippen LogP contribution in [0, 0.1) is 0 Å². The molecule has 2 N–H and O–H groups in total. The predicted octanol–water partition coefficient (Wildman–Crippen LogP) is -0.750. The highest BCUT2D eigenvalue weighted by molar-refractivity contribution is 6.02. The van der Waals surface area contributed by atoms with Gasteiger partial charge in [-0.1, -0.05) is 0 Å². The molecule has 5 heteroatoms.